The molecule has 4 rings (SSSR count). The summed E-state index contributed by atoms with van der Waals surface area (Å²) in [6, 6.07) is 7.66. The number of benzene rings is 1. The molecule has 0 saturated heterocycles. The van der Waals surface area contributed by atoms with Crippen LogP contribution < -0.4 is 5.73 Å². The van der Waals surface area contributed by atoms with Gasteiger partial charge in [-0.15, -0.1) is 0 Å². The number of carboxylic acid groups (broad SMARTS) is 1. The highest BCUT2D eigenvalue weighted by atomic mass is 16.5. The van der Waals surface area contributed by atoms with Gasteiger partial charge in [0.2, 0.25) is 0 Å². The van der Waals surface area contributed by atoms with Crippen molar-refractivity contribution in [2.45, 2.75) is 104 Å². The van der Waals surface area contributed by atoms with Gasteiger partial charge >= 0.3 is 5.97 Å². The fraction of sp³-hybridized carbons (Fsp3) is 0.606. The molecule has 2 aliphatic carbocycles. The van der Waals surface area contributed by atoms with Crippen molar-refractivity contribution in [2.75, 3.05) is 7.11 Å². The number of allylic oxidation sites excluding steroid dienone is 2. The summed E-state index contributed by atoms with van der Waals surface area (Å²) in [5.41, 5.74) is 9.94. The molecule has 2 fully saturated rings. The second kappa shape index (κ2) is 11.8. The van der Waals surface area contributed by atoms with Crippen LogP contribution in [0.15, 0.2) is 52.4 Å². The molecule has 7 heteroatoms. The number of nitrogens with two attached hydrogens (primary N) is 1. The molecule has 3 aliphatic rings. The zero-order valence-electron chi connectivity index (χ0n) is 25.1. The molecular formula is C33H47N3O4. The van der Waals surface area contributed by atoms with Crippen LogP contribution in [0.3, 0.4) is 0 Å². The average Bonchev–Trinajstić information content (AvgIpc) is 3.71. The van der Waals surface area contributed by atoms with E-state index in [4.69, 9.17) is 15.5 Å². The number of amides is 1. The summed E-state index contributed by atoms with van der Waals surface area (Å²) < 4.78 is 5.59. The van der Waals surface area contributed by atoms with Gasteiger partial charge in [0.25, 0.3) is 5.91 Å². The molecule has 2 saturated carbocycles. The van der Waals surface area contributed by atoms with Gasteiger partial charge in [-0.25, -0.2) is 4.99 Å². The van der Waals surface area contributed by atoms with Crippen LogP contribution in [0.2, 0.25) is 0 Å². The Labute approximate surface area is 239 Å². The normalized spacial score (nSPS) is 25.1. The number of hydrogen-bond acceptors (Lipinski definition) is 5. The Balaban J connectivity index is 1.71. The molecule has 0 bridgehead atoms. The van der Waals surface area contributed by atoms with E-state index in [0.717, 1.165) is 67.4 Å². The van der Waals surface area contributed by atoms with Crippen LogP contribution in [0.4, 0.5) is 0 Å². The van der Waals surface area contributed by atoms with Crippen LogP contribution in [0, 0.1) is 17.3 Å². The summed E-state index contributed by atoms with van der Waals surface area (Å²) >= 11 is 0. The lowest BCUT2D eigenvalue weighted by molar-refractivity contribution is -0.136. The maximum atomic E-state index is 14.3. The standard InChI is InChI=1S/C33H47N3O4/c1-7-21(2)27(40-6)15-14-26(34)29-31(39)36(33(35-29)18-16-25(17-19-33)32(3,4)5)30(24-12-13-24)23-10-8-22(9-11-23)20-28(37)38/h8-11,14,24-25,30H,7,12-13,15-20,34H2,1-6H3,(H,37,38)/b26-14-,27-21?. The molecule has 1 aromatic carbocycles. The third-order valence-electron chi connectivity index (χ3n) is 9.26. The molecule has 1 unspecified atom stereocenters. The molecule has 1 spiro atoms. The van der Waals surface area contributed by atoms with Crippen LogP contribution in [-0.4, -0.2) is 40.4 Å². The van der Waals surface area contributed by atoms with Crippen molar-refractivity contribution in [3.05, 3.63) is 58.5 Å². The maximum absolute atomic E-state index is 14.3. The van der Waals surface area contributed by atoms with E-state index >= 15 is 0 Å². The number of rotatable bonds is 10. The van der Waals surface area contributed by atoms with Crippen molar-refractivity contribution in [2.24, 2.45) is 28.0 Å². The summed E-state index contributed by atoms with van der Waals surface area (Å²) in [6.45, 7) is 11.0. The fourth-order valence-electron chi connectivity index (χ4n) is 6.46. The minimum Gasteiger partial charge on any atom is -0.501 e. The van der Waals surface area contributed by atoms with Crippen molar-refractivity contribution in [1.82, 2.24) is 4.90 Å². The van der Waals surface area contributed by atoms with E-state index in [1.165, 1.54) is 0 Å². The van der Waals surface area contributed by atoms with Crippen molar-refractivity contribution in [3.63, 3.8) is 0 Å². The zero-order valence-corrected chi connectivity index (χ0v) is 25.1. The summed E-state index contributed by atoms with van der Waals surface area (Å²) in [6.07, 6.45) is 9.03. The van der Waals surface area contributed by atoms with Gasteiger partial charge in [-0.3, -0.25) is 9.59 Å². The zero-order chi connectivity index (χ0) is 29.2. The summed E-state index contributed by atoms with van der Waals surface area (Å²) in [5.74, 6) is 0.858. The number of aliphatic imine (C=N–C) groups is 1. The Morgan fingerprint density at radius 3 is 2.33 bits per heavy atom. The summed E-state index contributed by atoms with van der Waals surface area (Å²) in [5, 5.41) is 9.22. The number of aliphatic carboxylic acids is 1. The topological polar surface area (TPSA) is 105 Å². The molecule has 3 N–H and O–H groups in total. The highest BCUT2D eigenvalue weighted by Crippen LogP contribution is 2.54. The number of nitrogens with zero attached hydrogens (tertiary/aromatic N) is 2. The predicted octanol–water partition coefficient (Wildman–Crippen LogP) is 6.54. The smallest absolute Gasteiger partial charge is 0.307 e. The second-order valence-electron chi connectivity index (χ2n) is 13.0. The van der Waals surface area contributed by atoms with Gasteiger partial charge in [0.1, 0.15) is 11.4 Å². The van der Waals surface area contributed by atoms with Crippen molar-refractivity contribution in [3.8, 4) is 0 Å². The van der Waals surface area contributed by atoms with Crippen LogP contribution in [0.25, 0.3) is 0 Å². The van der Waals surface area contributed by atoms with E-state index in [0.29, 0.717) is 29.7 Å². The van der Waals surface area contributed by atoms with E-state index in [9.17, 15) is 14.7 Å². The number of carbonyl (C=O) groups excluding carboxylic acids is 1. The van der Waals surface area contributed by atoms with Crippen LogP contribution >= 0.6 is 0 Å². The van der Waals surface area contributed by atoms with E-state index in [-0.39, 0.29) is 23.8 Å². The van der Waals surface area contributed by atoms with Crippen molar-refractivity contribution in [1.29, 1.82) is 0 Å². The van der Waals surface area contributed by atoms with Crippen LogP contribution in [-0.2, 0) is 20.7 Å². The Kier molecular flexibility index (Phi) is 8.81. The first-order valence-corrected chi connectivity index (χ1v) is 14.8. The predicted molar refractivity (Wildman–Crippen MR) is 159 cm³/mol. The quantitative estimate of drug-likeness (QED) is 0.322. The van der Waals surface area contributed by atoms with Gasteiger partial charge in [-0.05, 0) is 85.8 Å². The molecule has 0 radical (unpaired) electrons. The SMILES string of the molecule is CCC(C)=C(C/C=C(\N)C1=NC2(CCC(C(C)(C)C)CC2)N(C(c2ccc(CC(=O)O)cc2)C2CC2)C1=O)OC. The van der Waals surface area contributed by atoms with Gasteiger partial charge in [0.05, 0.1) is 31.0 Å². The highest BCUT2D eigenvalue weighted by Gasteiger charge is 2.55. The average molecular weight is 550 g/mol. The van der Waals surface area contributed by atoms with E-state index < -0.39 is 11.6 Å². The Bertz CT molecular complexity index is 1190. The lowest BCUT2D eigenvalue weighted by Gasteiger charge is -2.47. The molecule has 7 nitrogen and oxygen atoms in total. The molecule has 218 valence electrons. The lowest BCUT2D eigenvalue weighted by Crippen LogP contribution is -2.52. The van der Waals surface area contributed by atoms with E-state index in [2.05, 4.69) is 32.6 Å². The van der Waals surface area contributed by atoms with Gasteiger partial charge < -0.3 is 20.5 Å². The first-order valence-electron chi connectivity index (χ1n) is 14.8. The maximum Gasteiger partial charge on any atom is 0.307 e. The highest BCUT2D eigenvalue weighted by molar-refractivity contribution is 6.46. The largest absolute Gasteiger partial charge is 0.501 e. The van der Waals surface area contributed by atoms with Crippen LogP contribution in [0.1, 0.15) is 103 Å². The number of carboxylic acids is 1. The van der Waals surface area contributed by atoms with Crippen molar-refractivity contribution < 1.29 is 19.4 Å². The van der Waals surface area contributed by atoms with Crippen molar-refractivity contribution >= 4 is 17.6 Å². The monoisotopic (exact) mass is 549 g/mol. The molecule has 1 aliphatic heterocycles. The molecule has 1 heterocycles. The van der Waals surface area contributed by atoms with E-state index in [1.807, 2.05) is 37.3 Å². The van der Waals surface area contributed by atoms with Gasteiger partial charge in [-0.2, -0.15) is 0 Å². The second-order valence-corrected chi connectivity index (χ2v) is 13.0. The number of methoxy groups -OCH3 is 1. The fourth-order valence-corrected chi connectivity index (χ4v) is 6.46. The Morgan fingerprint density at radius 1 is 1.20 bits per heavy atom. The molecule has 1 atom stereocenters. The van der Waals surface area contributed by atoms with Gasteiger partial charge in [0.15, 0.2) is 0 Å². The van der Waals surface area contributed by atoms with Gasteiger partial charge in [-0.1, -0.05) is 58.0 Å². The Morgan fingerprint density at radius 2 is 1.82 bits per heavy atom. The summed E-state index contributed by atoms with van der Waals surface area (Å²) in [7, 11) is 1.67. The summed E-state index contributed by atoms with van der Waals surface area (Å²) in [4.78, 5) is 32.8. The molecular weight excluding hydrogens is 502 g/mol. The first kappa shape index (κ1) is 29.9. The number of hydrogen-bond donors (Lipinski definition) is 2. The molecule has 0 aromatic heterocycles. The first-order chi connectivity index (χ1) is 18.9. The molecule has 1 amide bonds. The third-order valence-corrected chi connectivity index (χ3v) is 9.26. The van der Waals surface area contributed by atoms with Crippen LogP contribution in [0.5, 0.6) is 0 Å². The van der Waals surface area contributed by atoms with E-state index in [1.54, 1.807) is 7.11 Å². The molecule has 40 heavy (non-hydrogen) atoms. The number of ether oxygens (including phenoxy) is 1. The van der Waals surface area contributed by atoms with Gasteiger partial charge in [0, 0.05) is 6.42 Å². The third kappa shape index (κ3) is 6.29. The Hall–Kier alpha value is -3.09. The minimum atomic E-state index is -0.850. The molecule has 1 aromatic rings. The number of carbonyl (C=O) groups is 2. The minimum absolute atomic E-state index is 0.0147. The lowest BCUT2D eigenvalue weighted by atomic mass is 9.69.